The van der Waals surface area contributed by atoms with Crippen LogP contribution in [0.3, 0.4) is 0 Å². The van der Waals surface area contributed by atoms with Gasteiger partial charge in [-0.15, -0.1) is 0 Å². The lowest BCUT2D eigenvalue weighted by Crippen LogP contribution is -2.01. The highest BCUT2D eigenvalue weighted by Gasteiger charge is 2.04. The second-order valence-electron chi connectivity index (χ2n) is 4.29. The molecule has 0 aliphatic heterocycles. The van der Waals surface area contributed by atoms with E-state index in [-0.39, 0.29) is 11.6 Å². The predicted octanol–water partition coefficient (Wildman–Crippen LogP) is 3.89. The Bertz CT molecular complexity index is 584. The van der Waals surface area contributed by atoms with Crippen molar-refractivity contribution >= 4 is 5.69 Å². The number of hydrogen-bond donors (Lipinski definition) is 1. The van der Waals surface area contributed by atoms with Gasteiger partial charge in [-0.05, 0) is 36.2 Å². The molecule has 4 heteroatoms. The highest BCUT2D eigenvalue weighted by molar-refractivity contribution is 5.47. The molecule has 0 saturated carbocycles. The number of rotatable bonds is 4. The van der Waals surface area contributed by atoms with Crippen LogP contribution in [-0.2, 0) is 6.54 Å². The van der Waals surface area contributed by atoms with E-state index in [0.717, 1.165) is 5.56 Å². The minimum atomic E-state index is -0.428. The fourth-order valence-corrected chi connectivity index (χ4v) is 1.73. The quantitative estimate of drug-likeness (QED) is 0.903. The van der Waals surface area contributed by atoms with Crippen LogP contribution in [0.5, 0.6) is 5.75 Å². The first-order chi connectivity index (χ1) is 9.10. The SMILES string of the molecule is COc1ccc(NCc2ccc(C)c(F)c2)cc1F. The summed E-state index contributed by atoms with van der Waals surface area (Å²) in [6.45, 7) is 2.15. The molecule has 0 bridgehead atoms. The fourth-order valence-electron chi connectivity index (χ4n) is 1.73. The molecule has 0 aliphatic rings. The lowest BCUT2D eigenvalue weighted by Gasteiger charge is -2.09. The molecule has 0 unspecified atom stereocenters. The Morgan fingerprint density at radius 2 is 1.84 bits per heavy atom. The average molecular weight is 263 g/mol. The molecule has 2 nitrogen and oxygen atoms in total. The summed E-state index contributed by atoms with van der Waals surface area (Å²) in [5, 5.41) is 3.04. The Labute approximate surface area is 111 Å². The molecule has 0 fully saturated rings. The zero-order valence-electron chi connectivity index (χ0n) is 10.8. The molecule has 2 aromatic rings. The van der Waals surface area contributed by atoms with Crippen LogP contribution in [0.1, 0.15) is 11.1 Å². The van der Waals surface area contributed by atoms with E-state index in [4.69, 9.17) is 4.74 Å². The van der Waals surface area contributed by atoms with Gasteiger partial charge in [0.1, 0.15) is 5.82 Å². The number of anilines is 1. The summed E-state index contributed by atoms with van der Waals surface area (Å²) in [7, 11) is 1.42. The first kappa shape index (κ1) is 13.3. The van der Waals surface area contributed by atoms with Crippen molar-refractivity contribution in [1.29, 1.82) is 0 Å². The maximum atomic E-state index is 13.5. The number of methoxy groups -OCH3 is 1. The summed E-state index contributed by atoms with van der Waals surface area (Å²) in [5.41, 5.74) is 2.04. The smallest absolute Gasteiger partial charge is 0.167 e. The van der Waals surface area contributed by atoms with Crippen molar-refractivity contribution in [3.8, 4) is 5.75 Å². The third-order valence-electron chi connectivity index (χ3n) is 2.88. The normalized spacial score (nSPS) is 10.3. The highest BCUT2D eigenvalue weighted by atomic mass is 19.1. The Balaban J connectivity index is 2.05. The second-order valence-corrected chi connectivity index (χ2v) is 4.29. The Morgan fingerprint density at radius 3 is 2.47 bits per heavy atom. The van der Waals surface area contributed by atoms with Crippen molar-refractivity contribution < 1.29 is 13.5 Å². The molecule has 0 heterocycles. The monoisotopic (exact) mass is 263 g/mol. The van der Waals surface area contributed by atoms with Gasteiger partial charge in [0, 0.05) is 18.3 Å². The maximum Gasteiger partial charge on any atom is 0.167 e. The van der Waals surface area contributed by atoms with Gasteiger partial charge in [-0.25, -0.2) is 8.78 Å². The molecule has 100 valence electrons. The van der Waals surface area contributed by atoms with Gasteiger partial charge in [0.2, 0.25) is 0 Å². The molecule has 0 amide bonds. The van der Waals surface area contributed by atoms with Crippen molar-refractivity contribution in [3.63, 3.8) is 0 Å². The van der Waals surface area contributed by atoms with Gasteiger partial charge in [-0.3, -0.25) is 0 Å². The van der Waals surface area contributed by atoms with Crippen molar-refractivity contribution in [1.82, 2.24) is 0 Å². The standard InChI is InChI=1S/C15H15F2NO/c1-10-3-4-11(7-13(10)16)9-18-12-5-6-15(19-2)14(17)8-12/h3-8,18H,9H2,1-2H3. The number of aryl methyl sites for hydroxylation is 1. The Morgan fingerprint density at radius 1 is 1.05 bits per heavy atom. The van der Waals surface area contributed by atoms with Crippen molar-refractivity contribution in [3.05, 3.63) is 59.2 Å². The number of halogens is 2. The predicted molar refractivity (Wildman–Crippen MR) is 71.4 cm³/mol. The summed E-state index contributed by atoms with van der Waals surface area (Å²) >= 11 is 0. The number of hydrogen-bond acceptors (Lipinski definition) is 2. The largest absolute Gasteiger partial charge is 0.494 e. The summed E-state index contributed by atoms with van der Waals surface area (Å²) < 4.78 is 31.7. The van der Waals surface area contributed by atoms with Crippen LogP contribution in [0.2, 0.25) is 0 Å². The van der Waals surface area contributed by atoms with Crippen LogP contribution in [0.25, 0.3) is 0 Å². The first-order valence-corrected chi connectivity index (χ1v) is 5.92. The average Bonchev–Trinajstić information content (AvgIpc) is 2.40. The van der Waals surface area contributed by atoms with Gasteiger partial charge in [0.25, 0.3) is 0 Å². The van der Waals surface area contributed by atoms with Crippen molar-refractivity contribution in [2.75, 3.05) is 12.4 Å². The molecule has 0 aromatic heterocycles. The van der Waals surface area contributed by atoms with Crippen LogP contribution < -0.4 is 10.1 Å². The van der Waals surface area contributed by atoms with E-state index in [1.54, 1.807) is 25.1 Å². The number of nitrogens with one attached hydrogen (secondary N) is 1. The van der Waals surface area contributed by atoms with Gasteiger partial charge < -0.3 is 10.1 Å². The molecule has 19 heavy (non-hydrogen) atoms. The lowest BCUT2D eigenvalue weighted by atomic mass is 10.1. The van der Waals surface area contributed by atoms with Crippen LogP contribution in [0.15, 0.2) is 36.4 Å². The van der Waals surface area contributed by atoms with E-state index in [1.165, 1.54) is 19.2 Å². The summed E-state index contributed by atoms with van der Waals surface area (Å²) in [6.07, 6.45) is 0. The Kier molecular flexibility index (Phi) is 4.00. The highest BCUT2D eigenvalue weighted by Crippen LogP contribution is 2.21. The van der Waals surface area contributed by atoms with Crippen molar-refractivity contribution in [2.45, 2.75) is 13.5 Å². The zero-order chi connectivity index (χ0) is 13.8. The lowest BCUT2D eigenvalue weighted by molar-refractivity contribution is 0.386. The maximum absolute atomic E-state index is 13.5. The van der Waals surface area contributed by atoms with E-state index < -0.39 is 5.82 Å². The van der Waals surface area contributed by atoms with Crippen LogP contribution in [-0.4, -0.2) is 7.11 Å². The Hall–Kier alpha value is -2.10. The number of ether oxygens (including phenoxy) is 1. The summed E-state index contributed by atoms with van der Waals surface area (Å²) in [4.78, 5) is 0. The third-order valence-corrected chi connectivity index (χ3v) is 2.88. The van der Waals surface area contributed by atoms with E-state index in [2.05, 4.69) is 5.32 Å². The molecule has 0 saturated heterocycles. The third kappa shape index (κ3) is 3.22. The minimum absolute atomic E-state index is 0.201. The topological polar surface area (TPSA) is 21.3 Å². The fraction of sp³-hybridized carbons (Fsp3) is 0.200. The van der Waals surface area contributed by atoms with Gasteiger partial charge in [0.05, 0.1) is 7.11 Å². The van der Waals surface area contributed by atoms with E-state index in [1.807, 2.05) is 6.07 Å². The van der Waals surface area contributed by atoms with Crippen LogP contribution in [0.4, 0.5) is 14.5 Å². The van der Waals surface area contributed by atoms with E-state index in [0.29, 0.717) is 17.8 Å². The van der Waals surface area contributed by atoms with Crippen LogP contribution in [0, 0.1) is 18.6 Å². The molecule has 1 N–H and O–H groups in total. The first-order valence-electron chi connectivity index (χ1n) is 5.92. The minimum Gasteiger partial charge on any atom is -0.494 e. The second kappa shape index (κ2) is 5.69. The summed E-state index contributed by atoms with van der Waals surface area (Å²) in [5.74, 6) is -0.463. The molecular weight excluding hydrogens is 248 g/mol. The molecule has 0 aliphatic carbocycles. The van der Waals surface area contributed by atoms with Gasteiger partial charge >= 0.3 is 0 Å². The van der Waals surface area contributed by atoms with E-state index >= 15 is 0 Å². The number of benzene rings is 2. The van der Waals surface area contributed by atoms with Crippen molar-refractivity contribution in [2.24, 2.45) is 0 Å². The molecule has 0 radical (unpaired) electrons. The molecular formula is C15H15F2NO. The molecule has 2 aromatic carbocycles. The molecule has 0 atom stereocenters. The molecule has 0 spiro atoms. The molecule has 2 rings (SSSR count). The van der Waals surface area contributed by atoms with Crippen LogP contribution >= 0.6 is 0 Å². The summed E-state index contributed by atoms with van der Waals surface area (Å²) in [6, 6.07) is 9.65. The van der Waals surface area contributed by atoms with E-state index in [9.17, 15) is 8.78 Å². The van der Waals surface area contributed by atoms with Gasteiger partial charge in [0.15, 0.2) is 11.6 Å². The van der Waals surface area contributed by atoms with Gasteiger partial charge in [-0.1, -0.05) is 12.1 Å². The zero-order valence-corrected chi connectivity index (χ0v) is 10.8. The van der Waals surface area contributed by atoms with Gasteiger partial charge in [-0.2, -0.15) is 0 Å².